The SMILES string of the molecule is CC1CCC(C(=O)N(CCBr)C2CCCCC2)CC1. The summed E-state index contributed by atoms with van der Waals surface area (Å²) in [5.74, 6) is 1.60. The standard InChI is InChI=1S/C16H28BrNO/c1-13-7-9-14(10-8-13)16(19)18(12-11-17)15-5-3-2-4-6-15/h13-15H,2-12H2,1H3. The molecule has 110 valence electrons. The summed E-state index contributed by atoms with van der Waals surface area (Å²) in [5, 5.41) is 0.915. The lowest BCUT2D eigenvalue weighted by Gasteiger charge is -2.37. The Kier molecular flexibility index (Phi) is 6.18. The fraction of sp³-hybridized carbons (Fsp3) is 0.938. The van der Waals surface area contributed by atoms with E-state index < -0.39 is 0 Å². The van der Waals surface area contributed by atoms with Gasteiger partial charge in [-0.3, -0.25) is 4.79 Å². The second kappa shape index (κ2) is 7.66. The van der Waals surface area contributed by atoms with Crippen LogP contribution in [-0.4, -0.2) is 28.7 Å². The van der Waals surface area contributed by atoms with E-state index in [9.17, 15) is 4.79 Å². The Morgan fingerprint density at radius 3 is 2.26 bits per heavy atom. The van der Waals surface area contributed by atoms with Crippen LogP contribution in [-0.2, 0) is 4.79 Å². The third-order valence-electron chi connectivity index (χ3n) is 4.99. The molecule has 0 aromatic heterocycles. The largest absolute Gasteiger partial charge is 0.339 e. The van der Waals surface area contributed by atoms with Gasteiger partial charge in [0, 0.05) is 23.8 Å². The summed E-state index contributed by atoms with van der Waals surface area (Å²) in [4.78, 5) is 15.0. The van der Waals surface area contributed by atoms with E-state index in [0.717, 1.165) is 30.6 Å². The molecule has 0 radical (unpaired) electrons. The lowest BCUT2D eigenvalue weighted by Crippen LogP contribution is -2.46. The van der Waals surface area contributed by atoms with Gasteiger partial charge in [-0.15, -0.1) is 0 Å². The second-order valence-electron chi connectivity index (χ2n) is 6.47. The molecular formula is C16H28BrNO. The highest BCUT2D eigenvalue weighted by molar-refractivity contribution is 9.09. The number of hydrogen-bond acceptors (Lipinski definition) is 1. The van der Waals surface area contributed by atoms with Crippen molar-refractivity contribution in [1.82, 2.24) is 4.90 Å². The fourth-order valence-electron chi connectivity index (χ4n) is 3.70. The molecule has 0 heterocycles. The van der Waals surface area contributed by atoms with Gasteiger partial charge in [-0.2, -0.15) is 0 Å². The Balaban J connectivity index is 1.95. The Labute approximate surface area is 126 Å². The third-order valence-corrected chi connectivity index (χ3v) is 5.34. The summed E-state index contributed by atoms with van der Waals surface area (Å²) in [6, 6.07) is 0.526. The van der Waals surface area contributed by atoms with Crippen molar-refractivity contribution in [2.75, 3.05) is 11.9 Å². The number of alkyl halides is 1. The molecule has 2 aliphatic carbocycles. The van der Waals surface area contributed by atoms with Crippen LogP contribution in [0.15, 0.2) is 0 Å². The maximum absolute atomic E-state index is 12.8. The number of hydrogen-bond donors (Lipinski definition) is 0. The van der Waals surface area contributed by atoms with Crippen LogP contribution in [0.25, 0.3) is 0 Å². The lowest BCUT2D eigenvalue weighted by atomic mass is 9.81. The number of amides is 1. The van der Waals surface area contributed by atoms with Gasteiger partial charge in [0.2, 0.25) is 5.91 Å². The van der Waals surface area contributed by atoms with Crippen molar-refractivity contribution >= 4 is 21.8 Å². The van der Waals surface area contributed by atoms with Crippen molar-refractivity contribution < 1.29 is 4.79 Å². The van der Waals surface area contributed by atoms with E-state index >= 15 is 0 Å². The van der Waals surface area contributed by atoms with Crippen LogP contribution < -0.4 is 0 Å². The summed E-state index contributed by atoms with van der Waals surface area (Å²) < 4.78 is 0. The van der Waals surface area contributed by atoms with E-state index in [4.69, 9.17) is 0 Å². The molecule has 0 spiro atoms. The van der Waals surface area contributed by atoms with Crippen LogP contribution in [0.3, 0.4) is 0 Å². The molecule has 0 aliphatic heterocycles. The van der Waals surface area contributed by atoms with E-state index in [1.165, 1.54) is 44.9 Å². The molecule has 0 atom stereocenters. The van der Waals surface area contributed by atoms with Crippen molar-refractivity contribution in [2.24, 2.45) is 11.8 Å². The van der Waals surface area contributed by atoms with Gasteiger partial charge in [-0.05, 0) is 44.4 Å². The van der Waals surface area contributed by atoms with Crippen molar-refractivity contribution in [2.45, 2.75) is 70.8 Å². The molecule has 0 aromatic rings. The maximum atomic E-state index is 12.8. The van der Waals surface area contributed by atoms with Gasteiger partial charge in [0.25, 0.3) is 0 Å². The molecule has 3 heteroatoms. The molecule has 0 aromatic carbocycles. The molecule has 2 fully saturated rings. The normalized spacial score (nSPS) is 29.2. The summed E-state index contributed by atoms with van der Waals surface area (Å²) in [7, 11) is 0. The third kappa shape index (κ3) is 4.21. The van der Waals surface area contributed by atoms with Crippen LogP contribution in [0.4, 0.5) is 0 Å². The maximum Gasteiger partial charge on any atom is 0.225 e. The fourth-order valence-corrected chi connectivity index (χ4v) is 4.08. The highest BCUT2D eigenvalue weighted by atomic mass is 79.9. The topological polar surface area (TPSA) is 20.3 Å². The van der Waals surface area contributed by atoms with E-state index in [2.05, 4.69) is 27.8 Å². The molecule has 2 aliphatic rings. The Bertz CT molecular complexity index is 280. The first-order valence-electron chi connectivity index (χ1n) is 8.08. The molecule has 2 nitrogen and oxygen atoms in total. The minimum atomic E-state index is 0.317. The van der Waals surface area contributed by atoms with Gasteiger partial charge in [-0.1, -0.05) is 42.1 Å². The quantitative estimate of drug-likeness (QED) is 0.701. The van der Waals surface area contributed by atoms with Crippen molar-refractivity contribution in [1.29, 1.82) is 0 Å². The zero-order chi connectivity index (χ0) is 13.7. The summed E-state index contributed by atoms with van der Waals surface area (Å²) in [6.45, 7) is 3.22. The van der Waals surface area contributed by atoms with Crippen molar-refractivity contribution in [3.05, 3.63) is 0 Å². The average Bonchev–Trinajstić information content (AvgIpc) is 2.46. The molecule has 0 saturated heterocycles. The minimum absolute atomic E-state index is 0.317. The Morgan fingerprint density at radius 2 is 1.68 bits per heavy atom. The molecule has 2 rings (SSSR count). The molecular weight excluding hydrogens is 302 g/mol. The minimum Gasteiger partial charge on any atom is -0.339 e. The van der Waals surface area contributed by atoms with Gasteiger partial charge in [0.1, 0.15) is 0 Å². The molecule has 2 saturated carbocycles. The van der Waals surface area contributed by atoms with E-state index in [-0.39, 0.29) is 0 Å². The van der Waals surface area contributed by atoms with E-state index in [0.29, 0.717) is 17.9 Å². The van der Waals surface area contributed by atoms with Crippen molar-refractivity contribution in [3.63, 3.8) is 0 Å². The second-order valence-corrected chi connectivity index (χ2v) is 7.26. The van der Waals surface area contributed by atoms with Gasteiger partial charge in [0.15, 0.2) is 0 Å². The highest BCUT2D eigenvalue weighted by Gasteiger charge is 2.31. The lowest BCUT2D eigenvalue weighted by molar-refractivity contribution is -0.139. The summed E-state index contributed by atoms with van der Waals surface area (Å²) in [6.07, 6.45) is 11.1. The predicted molar refractivity (Wildman–Crippen MR) is 83.5 cm³/mol. The molecule has 0 bridgehead atoms. The van der Waals surface area contributed by atoms with Gasteiger partial charge >= 0.3 is 0 Å². The van der Waals surface area contributed by atoms with Gasteiger partial charge in [-0.25, -0.2) is 0 Å². The average molecular weight is 330 g/mol. The number of carbonyl (C=O) groups excluding carboxylic acids is 1. The number of halogens is 1. The van der Waals surface area contributed by atoms with Gasteiger partial charge < -0.3 is 4.90 Å². The van der Waals surface area contributed by atoms with E-state index in [1.54, 1.807) is 0 Å². The van der Waals surface area contributed by atoms with Crippen LogP contribution >= 0.6 is 15.9 Å². The van der Waals surface area contributed by atoms with E-state index in [1.807, 2.05) is 0 Å². The molecule has 1 amide bonds. The van der Waals surface area contributed by atoms with Crippen LogP contribution in [0.5, 0.6) is 0 Å². The highest BCUT2D eigenvalue weighted by Crippen LogP contribution is 2.31. The van der Waals surface area contributed by atoms with Crippen LogP contribution in [0.1, 0.15) is 64.7 Å². The molecule has 0 N–H and O–H groups in total. The summed E-state index contributed by atoms with van der Waals surface area (Å²) >= 11 is 3.52. The number of carbonyl (C=O) groups is 1. The van der Waals surface area contributed by atoms with Crippen LogP contribution in [0, 0.1) is 11.8 Å². The van der Waals surface area contributed by atoms with Crippen LogP contribution in [0.2, 0.25) is 0 Å². The monoisotopic (exact) mass is 329 g/mol. The first kappa shape index (κ1) is 15.3. The van der Waals surface area contributed by atoms with Crippen molar-refractivity contribution in [3.8, 4) is 0 Å². The zero-order valence-electron chi connectivity index (χ0n) is 12.2. The Morgan fingerprint density at radius 1 is 1.05 bits per heavy atom. The van der Waals surface area contributed by atoms with Gasteiger partial charge in [0.05, 0.1) is 0 Å². The first-order chi connectivity index (χ1) is 9.22. The number of rotatable bonds is 4. The zero-order valence-corrected chi connectivity index (χ0v) is 13.8. The smallest absolute Gasteiger partial charge is 0.225 e. The Hall–Kier alpha value is -0.0500. The molecule has 0 unspecified atom stereocenters. The predicted octanol–water partition coefficient (Wildman–Crippen LogP) is 4.37. The molecule has 19 heavy (non-hydrogen) atoms. The summed E-state index contributed by atoms with van der Waals surface area (Å²) in [5.41, 5.74) is 0. The first-order valence-corrected chi connectivity index (χ1v) is 9.21. The number of nitrogens with zero attached hydrogens (tertiary/aromatic N) is 1.